The predicted octanol–water partition coefficient (Wildman–Crippen LogP) is -1.57. The first-order valence-electron chi connectivity index (χ1n) is 5.27. The molecule has 0 radical (unpaired) electrons. The van der Waals surface area contributed by atoms with Gasteiger partial charge in [-0.15, -0.1) is 6.10 Å². The maximum Gasteiger partial charge on any atom is 0.145 e. The van der Waals surface area contributed by atoms with Crippen LogP contribution in [0.25, 0.3) is 0 Å². The van der Waals surface area contributed by atoms with Crippen molar-refractivity contribution < 1.29 is 24.6 Å². The van der Waals surface area contributed by atoms with Gasteiger partial charge in [0.25, 0.3) is 0 Å². The first-order valence-corrected chi connectivity index (χ1v) is 5.27. The molecule has 1 rings (SSSR count). The van der Waals surface area contributed by atoms with Gasteiger partial charge in [0.1, 0.15) is 11.6 Å². The van der Waals surface area contributed by atoms with Crippen LogP contribution in [-0.2, 0) is 14.4 Å². The third-order valence-corrected chi connectivity index (χ3v) is 3.39. The summed E-state index contributed by atoms with van der Waals surface area (Å²) in [4.78, 5) is 33.9. The van der Waals surface area contributed by atoms with Crippen LogP contribution in [0.4, 0.5) is 0 Å². The first kappa shape index (κ1) is 12.8. The highest BCUT2D eigenvalue weighted by molar-refractivity contribution is 6.08. The number of carboxylic acids is 1. The zero-order chi connectivity index (χ0) is 12.5. The Bertz CT molecular complexity index is 335. The minimum atomic E-state index is -1.55. The standard InChI is InChI=1S/C11H15O5/c1-3-7(12)11(2)8(13)4-6(10(15)16)5-9(11)14/h6,8H,3-5H2,1-2H3,(H,15,16)/q-1/p-1. The van der Waals surface area contributed by atoms with Crippen molar-refractivity contribution in [3.63, 3.8) is 0 Å². The van der Waals surface area contributed by atoms with E-state index in [4.69, 9.17) is 0 Å². The molecule has 0 spiro atoms. The Kier molecular flexibility index (Phi) is 3.48. The summed E-state index contributed by atoms with van der Waals surface area (Å²) < 4.78 is 0. The minimum Gasteiger partial charge on any atom is -0.851 e. The second-order valence-electron chi connectivity index (χ2n) is 4.35. The van der Waals surface area contributed by atoms with Gasteiger partial charge in [-0.05, 0) is 6.92 Å². The summed E-state index contributed by atoms with van der Waals surface area (Å²) in [6.07, 6.45) is -1.86. The van der Waals surface area contributed by atoms with Crippen LogP contribution in [-0.4, -0.2) is 23.6 Å². The van der Waals surface area contributed by atoms with Gasteiger partial charge in [0.2, 0.25) is 0 Å². The molecule has 1 aliphatic carbocycles. The zero-order valence-electron chi connectivity index (χ0n) is 9.32. The Morgan fingerprint density at radius 1 is 1.50 bits per heavy atom. The van der Waals surface area contributed by atoms with Gasteiger partial charge in [-0.25, -0.2) is 0 Å². The number of Topliss-reactive ketones (excluding diaryl/α,β-unsaturated/α-hetero) is 2. The molecule has 0 bridgehead atoms. The summed E-state index contributed by atoms with van der Waals surface area (Å²) in [5, 5.41) is 22.4. The molecule has 0 amide bonds. The number of carbonyl (C=O) groups is 3. The molecule has 0 aliphatic heterocycles. The summed E-state index contributed by atoms with van der Waals surface area (Å²) in [5.74, 6) is -3.41. The van der Waals surface area contributed by atoms with Gasteiger partial charge in [0, 0.05) is 24.7 Å². The van der Waals surface area contributed by atoms with Crippen molar-refractivity contribution in [1.29, 1.82) is 0 Å². The van der Waals surface area contributed by atoms with Crippen LogP contribution in [0.3, 0.4) is 0 Å². The van der Waals surface area contributed by atoms with Crippen molar-refractivity contribution in [3.05, 3.63) is 0 Å². The second-order valence-corrected chi connectivity index (χ2v) is 4.35. The van der Waals surface area contributed by atoms with E-state index < -0.39 is 35.0 Å². The number of ketones is 2. The van der Waals surface area contributed by atoms with Crippen LogP contribution in [0.15, 0.2) is 0 Å². The molecule has 3 atom stereocenters. The lowest BCUT2D eigenvalue weighted by Gasteiger charge is -2.46. The van der Waals surface area contributed by atoms with Crippen LogP contribution >= 0.6 is 0 Å². The lowest BCUT2D eigenvalue weighted by molar-refractivity contribution is -0.443. The van der Waals surface area contributed by atoms with E-state index in [9.17, 15) is 24.6 Å². The molecule has 1 saturated carbocycles. The van der Waals surface area contributed by atoms with Gasteiger partial charge in [0.15, 0.2) is 0 Å². The van der Waals surface area contributed by atoms with E-state index in [0.29, 0.717) is 0 Å². The van der Waals surface area contributed by atoms with Crippen LogP contribution in [0.5, 0.6) is 0 Å². The number of aliphatic carboxylic acids is 1. The van der Waals surface area contributed by atoms with E-state index in [1.165, 1.54) is 6.92 Å². The fourth-order valence-electron chi connectivity index (χ4n) is 2.07. The third-order valence-electron chi connectivity index (χ3n) is 3.39. The van der Waals surface area contributed by atoms with Crippen molar-refractivity contribution in [2.75, 3.05) is 0 Å². The van der Waals surface area contributed by atoms with Crippen molar-refractivity contribution in [1.82, 2.24) is 0 Å². The fraction of sp³-hybridized carbons (Fsp3) is 0.727. The highest BCUT2D eigenvalue weighted by Gasteiger charge is 2.45. The summed E-state index contributed by atoms with van der Waals surface area (Å²) >= 11 is 0. The van der Waals surface area contributed by atoms with Gasteiger partial charge in [0.05, 0.1) is 5.41 Å². The van der Waals surface area contributed by atoms with Gasteiger partial charge in [-0.2, -0.15) is 0 Å². The normalized spacial score (nSPS) is 34.8. The van der Waals surface area contributed by atoms with E-state index in [1.807, 2.05) is 0 Å². The Morgan fingerprint density at radius 2 is 2.06 bits per heavy atom. The number of carboxylic acid groups (broad SMARTS) is 1. The smallest absolute Gasteiger partial charge is 0.145 e. The lowest BCUT2D eigenvalue weighted by Crippen LogP contribution is -2.58. The van der Waals surface area contributed by atoms with Crippen molar-refractivity contribution in [2.24, 2.45) is 11.3 Å². The monoisotopic (exact) mass is 226 g/mol. The molecule has 0 aromatic carbocycles. The number of hydrogen-bond donors (Lipinski definition) is 0. The molecule has 1 aliphatic rings. The summed E-state index contributed by atoms with van der Waals surface area (Å²) in [6, 6.07) is 0. The lowest BCUT2D eigenvalue weighted by atomic mass is 9.66. The zero-order valence-corrected chi connectivity index (χ0v) is 9.32. The third kappa shape index (κ3) is 1.87. The van der Waals surface area contributed by atoms with Gasteiger partial charge in [-0.1, -0.05) is 13.3 Å². The fourth-order valence-corrected chi connectivity index (χ4v) is 2.07. The van der Waals surface area contributed by atoms with Gasteiger partial charge >= 0.3 is 0 Å². The van der Waals surface area contributed by atoms with Gasteiger partial charge < -0.3 is 15.0 Å². The van der Waals surface area contributed by atoms with E-state index in [-0.39, 0.29) is 19.3 Å². The Balaban J connectivity index is 2.96. The molecule has 0 N–H and O–H groups in total. The molecule has 3 unspecified atom stereocenters. The van der Waals surface area contributed by atoms with Crippen LogP contribution in [0, 0.1) is 11.3 Å². The van der Waals surface area contributed by atoms with E-state index in [2.05, 4.69) is 0 Å². The maximum atomic E-state index is 11.8. The molecule has 0 aromatic rings. The van der Waals surface area contributed by atoms with Gasteiger partial charge in [-0.3, -0.25) is 9.59 Å². The average molecular weight is 226 g/mol. The van der Waals surface area contributed by atoms with Crippen molar-refractivity contribution in [2.45, 2.75) is 39.2 Å². The molecule has 0 heterocycles. The molecule has 0 aromatic heterocycles. The molecule has 5 nitrogen and oxygen atoms in total. The second kappa shape index (κ2) is 4.33. The molecule has 5 heteroatoms. The SMILES string of the molecule is CCC(=O)C1(C)C(=O)CC(C(=O)[O-])CC1[O-]. The molecular formula is C11H14O5-2. The minimum absolute atomic E-state index is 0.108. The van der Waals surface area contributed by atoms with Crippen molar-refractivity contribution in [3.8, 4) is 0 Å². The van der Waals surface area contributed by atoms with Crippen LogP contribution in [0.2, 0.25) is 0 Å². The maximum absolute atomic E-state index is 11.8. The molecular weight excluding hydrogens is 212 g/mol. The van der Waals surface area contributed by atoms with E-state index in [1.54, 1.807) is 6.92 Å². The highest BCUT2D eigenvalue weighted by Crippen LogP contribution is 2.36. The van der Waals surface area contributed by atoms with Crippen LogP contribution in [0.1, 0.15) is 33.1 Å². The number of rotatable bonds is 3. The largest absolute Gasteiger partial charge is 0.851 e. The average Bonchev–Trinajstić information content (AvgIpc) is 2.23. The molecule has 1 fully saturated rings. The predicted molar refractivity (Wildman–Crippen MR) is 49.9 cm³/mol. The quantitative estimate of drug-likeness (QED) is 0.541. The molecule has 90 valence electrons. The van der Waals surface area contributed by atoms with Crippen molar-refractivity contribution >= 4 is 17.5 Å². The molecule has 16 heavy (non-hydrogen) atoms. The Labute approximate surface area is 93.5 Å². The van der Waals surface area contributed by atoms with E-state index in [0.717, 1.165) is 0 Å². The Morgan fingerprint density at radius 3 is 2.44 bits per heavy atom. The summed E-state index contributed by atoms with van der Waals surface area (Å²) in [5.41, 5.74) is -1.55. The molecule has 0 saturated heterocycles. The summed E-state index contributed by atoms with van der Waals surface area (Å²) in [7, 11) is 0. The summed E-state index contributed by atoms with van der Waals surface area (Å²) in [6.45, 7) is 2.91. The van der Waals surface area contributed by atoms with Crippen LogP contribution < -0.4 is 10.2 Å². The van der Waals surface area contributed by atoms with E-state index >= 15 is 0 Å². The Hall–Kier alpha value is -1.23. The topological polar surface area (TPSA) is 97.3 Å². The first-order chi connectivity index (χ1) is 7.33. The number of hydrogen-bond acceptors (Lipinski definition) is 5. The number of carbonyl (C=O) groups excluding carboxylic acids is 3. The highest BCUT2D eigenvalue weighted by atomic mass is 16.4.